The van der Waals surface area contributed by atoms with Crippen LogP contribution in [0.25, 0.3) is 0 Å². The molecule has 1 saturated carbocycles. The average molecular weight is 209 g/mol. The maximum absolute atomic E-state index is 11.4. The predicted octanol–water partition coefficient (Wildman–Crippen LogP) is 2.87. The first-order valence-corrected chi connectivity index (χ1v) is 6.03. The molecule has 0 aromatic heterocycles. The lowest BCUT2D eigenvalue weighted by atomic mass is 9.58. The molecule has 1 N–H and O–H groups in total. The molecule has 1 aliphatic heterocycles. The van der Waals surface area contributed by atoms with E-state index in [-0.39, 0.29) is 11.4 Å². The van der Waals surface area contributed by atoms with Gasteiger partial charge in [-0.1, -0.05) is 27.7 Å². The molecule has 0 radical (unpaired) electrons. The van der Waals surface area contributed by atoms with Crippen molar-refractivity contribution in [2.75, 3.05) is 0 Å². The van der Waals surface area contributed by atoms with Gasteiger partial charge in [-0.3, -0.25) is 4.79 Å². The summed E-state index contributed by atoms with van der Waals surface area (Å²) in [5.41, 5.74) is 0.834. The van der Waals surface area contributed by atoms with Gasteiger partial charge in [0, 0.05) is 12.0 Å². The molecule has 1 amide bonds. The van der Waals surface area contributed by atoms with Crippen LogP contribution >= 0.6 is 0 Å². The first kappa shape index (κ1) is 11.0. The average Bonchev–Trinajstić information content (AvgIpc) is 2.23. The molecule has 2 rings (SSSR count). The number of nitrogens with one attached hydrogen (secondary N) is 1. The molecule has 0 bridgehead atoms. The number of rotatable bonds is 0. The maximum Gasteiger partial charge on any atom is 0.220 e. The molecule has 1 aliphatic carbocycles. The van der Waals surface area contributed by atoms with Crippen molar-refractivity contribution in [2.45, 2.75) is 65.3 Å². The summed E-state index contributed by atoms with van der Waals surface area (Å²) in [6.07, 6.45) is 5.33. The van der Waals surface area contributed by atoms with E-state index < -0.39 is 0 Å². The molecule has 2 nitrogen and oxygen atoms in total. The van der Waals surface area contributed by atoms with Crippen LogP contribution in [-0.2, 0) is 4.79 Å². The molecule has 2 heteroatoms. The molecule has 15 heavy (non-hydrogen) atoms. The Bertz CT molecular complexity index is 275. The van der Waals surface area contributed by atoms with Crippen molar-refractivity contribution in [2.24, 2.45) is 10.8 Å². The second-order valence-electron chi connectivity index (χ2n) is 7.19. The van der Waals surface area contributed by atoms with Crippen molar-refractivity contribution >= 4 is 5.91 Å². The van der Waals surface area contributed by atoms with Gasteiger partial charge in [0.1, 0.15) is 0 Å². The van der Waals surface area contributed by atoms with E-state index in [1.165, 1.54) is 6.42 Å². The van der Waals surface area contributed by atoms with E-state index in [0.29, 0.717) is 10.8 Å². The van der Waals surface area contributed by atoms with Crippen molar-refractivity contribution in [3.63, 3.8) is 0 Å². The van der Waals surface area contributed by atoms with Gasteiger partial charge in [0.2, 0.25) is 5.91 Å². The third-order valence-electron chi connectivity index (χ3n) is 3.83. The SMILES string of the molecule is CC1(C)CC(C)(C)CC2(CCC(=O)N2)C1. The summed E-state index contributed by atoms with van der Waals surface area (Å²) in [5, 5.41) is 3.24. The Hall–Kier alpha value is -0.530. The highest BCUT2D eigenvalue weighted by Gasteiger charge is 2.50. The van der Waals surface area contributed by atoms with Gasteiger partial charge in [-0.25, -0.2) is 0 Å². The summed E-state index contributed by atoms with van der Waals surface area (Å²) in [5.74, 6) is 0.253. The summed E-state index contributed by atoms with van der Waals surface area (Å²) in [6.45, 7) is 9.33. The Morgan fingerprint density at radius 1 is 1.00 bits per heavy atom. The van der Waals surface area contributed by atoms with Gasteiger partial charge in [0.05, 0.1) is 0 Å². The standard InChI is InChI=1S/C13H23NO/c1-11(2)7-12(3,4)9-13(8-11)6-5-10(15)14-13/h5-9H2,1-4H3,(H,14,15). The molecule has 0 aromatic carbocycles. The van der Waals surface area contributed by atoms with Gasteiger partial charge in [-0.15, -0.1) is 0 Å². The van der Waals surface area contributed by atoms with Crippen LogP contribution in [0.15, 0.2) is 0 Å². The van der Waals surface area contributed by atoms with Crippen molar-refractivity contribution in [3.8, 4) is 0 Å². The van der Waals surface area contributed by atoms with Crippen molar-refractivity contribution in [3.05, 3.63) is 0 Å². The highest BCUT2D eigenvalue weighted by atomic mass is 16.2. The minimum Gasteiger partial charge on any atom is -0.351 e. The lowest BCUT2D eigenvalue weighted by Crippen LogP contribution is -2.52. The first-order valence-electron chi connectivity index (χ1n) is 6.03. The molecule has 0 unspecified atom stereocenters. The summed E-state index contributed by atoms with van der Waals surface area (Å²) >= 11 is 0. The van der Waals surface area contributed by atoms with Crippen LogP contribution in [0.2, 0.25) is 0 Å². The fourth-order valence-electron chi connectivity index (χ4n) is 4.35. The summed E-state index contributed by atoms with van der Waals surface area (Å²) < 4.78 is 0. The van der Waals surface area contributed by atoms with E-state index in [2.05, 4.69) is 33.0 Å². The smallest absolute Gasteiger partial charge is 0.220 e. The highest BCUT2D eigenvalue weighted by molar-refractivity contribution is 5.79. The number of carbonyl (C=O) groups is 1. The topological polar surface area (TPSA) is 29.1 Å². The fraction of sp³-hybridized carbons (Fsp3) is 0.923. The first-order chi connectivity index (χ1) is 6.72. The van der Waals surface area contributed by atoms with Gasteiger partial charge in [0.25, 0.3) is 0 Å². The number of hydrogen-bond donors (Lipinski definition) is 1. The zero-order valence-corrected chi connectivity index (χ0v) is 10.4. The zero-order chi connectivity index (χ0) is 11.3. The van der Waals surface area contributed by atoms with Gasteiger partial charge in [0.15, 0.2) is 0 Å². The molecule has 1 saturated heterocycles. The third-order valence-corrected chi connectivity index (χ3v) is 3.83. The van der Waals surface area contributed by atoms with Gasteiger partial charge < -0.3 is 5.32 Å². The minimum atomic E-state index is 0.113. The Labute approximate surface area is 92.8 Å². The minimum absolute atomic E-state index is 0.113. The van der Waals surface area contributed by atoms with Crippen molar-refractivity contribution in [1.29, 1.82) is 0 Å². The second kappa shape index (κ2) is 2.99. The van der Waals surface area contributed by atoms with E-state index in [9.17, 15) is 4.79 Å². The van der Waals surface area contributed by atoms with E-state index >= 15 is 0 Å². The summed E-state index contributed by atoms with van der Waals surface area (Å²) in [6, 6.07) is 0. The van der Waals surface area contributed by atoms with Gasteiger partial charge >= 0.3 is 0 Å². The van der Waals surface area contributed by atoms with Crippen LogP contribution in [0, 0.1) is 10.8 Å². The van der Waals surface area contributed by atoms with Crippen LogP contribution < -0.4 is 5.32 Å². The normalized spacial score (nSPS) is 31.6. The van der Waals surface area contributed by atoms with E-state index in [1.54, 1.807) is 0 Å². The largest absolute Gasteiger partial charge is 0.351 e. The highest BCUT2D eigenvalue weighted by Crippen LogP contribution is 2.52. The van der Waals surface area contributed by atoms with Gasteiger partial charge in [-0.2, -0.15) is 0 Å². The lowest BCUT2D eigenvalue weighted by molar-refractivity contribution is -0.120. The molecule has 0 atom stereocenters. The quantitative estimate of drug-likeness (QED) is 0.653. The van der Waals surface area contributed by atoms with Crippen LogP contribution in [0.3, 0.4) is 0 Å². The Balaban J connectivity index is 2.23. The molecular weight excluding hydrogens is 186 g/mol. The molecule has 2 aliphatic rings. The van der Waals surface area contributed by atoms with Crippen LogP contribution in [0.4, 0.5) is 0 Å². The van der Waals surface area contributed by atoms with Crippen molar-refractivity contribution < 1.29 is 4.79 Å². The monoisotopic (exact) mass is 209 g/mol. The summed E-state index contributed by atoms with van der Waals surface area (Å²) in [7, 11) is 0. The zero-order valence-electron chi connectivity index (χ0n) is 10.4. The number of hydrogen-bond acceptors (Lipinski definition) is 1. The summed E-state index contributed by atoms with van der Waals surface area (Å²) in [4.78, 5) is 11.4. The lowest BCUT2D eigenvalue weighted by Gasteiger charge is -2.50. The molecule has 0 aromatic rings. The predicted molar refractivity (Wildman–Crippen MR) is 61.5 cm³/mol. The van der Waals surface area contributed by atoms with Gasteiger partial charge in [-0.05, 0) is 36.5 Å². The Morgan fingerprint density at radius 2 is 1.53 bits per heavy atom. The van der Waals surface area contributed by atoms with Crippen LogP contribution in [-0.4, -0.2) is 11.4 Å². The van der Waals surface area contributed by atoms with Crippen LogP contribution in [0.1, 0.15) is 59.8 Å². The number of amides is 1. The Morgan fingerprint density at radius 3 is 1.93 bits per heavy atom. The molecule has 2 fully saturated rings. The molecular formula is C13H23NO. The van der Waals surface area contributed by atoms with E-state index in [0.717, 1.165) is 25.7 Å². The molecule has 1 heterocycles. The van der Waals surface area contributed by atoms with Crippen molar-refractivity contribution in [1.82, 2.24) is 5.32 Å². The van der Waals surface area contributed by atoms with Crippen LogP contribution in [0.5, 0.6) is 0 Å². The maximum atomic E-state index is 11.4. The van der Waals surface area contributed by atoms with E-state index in [1.807, 2.05) is 0 Å². The fourth-order valence-corrected chi connectivity index (χ4v) is 4.35. The number of carbonyl (C=O) groups excluding carboxylic acids is 1. The molecule has 1 spiro atoms. The third kappa shape index (κ3) is 2.19. The molecule has 86 valence electrons. The Kier molecular flexibility index (Phi) is 2.19. The van der Waals surface area contributed by atoms with E-state index in [4.69, 9.17) is 0 Å². The second-order valence-corrected chi connectivity index (χ2v) is 7.19.